The monoisotopic (exact) mass is 486 g/mol. The number of nitro groups is 1. The largest absolute Gasteiger partial charge is 0.456 e. The lowest BCUT2D eigenvalue weighted by Gasteiger charge is -2.27. The maximum Gasteiger partial charge on any atom is 0.270 e. The predicted octanol–water partition coefficient (Wildman–Crippen LogP) is 5.32. The Labute approximate surface area is 206 Å². The molecule has 9 heteroatoms. The second-order valence-electron chi connectivity index (χ2n) is 7.93. The van der Waals surface area contributed by atoms with Crippen LogP contribution in [0.5, 0.6) is 0 Å². The molecule has 0 spiro atoms. The van der Waals surface area contributed by atoms with E-state index in [4.69, 9.17) is 4.42 Å². The van der Waals surface area contributed by atoms with Crippen LogP contribution in [0.3, 0.4) is 0 Å². The van der Waals surface area contributed by atoms with Gasteiger partial charge in [0.15, 0.2) is 5.60 Å². The molecular formula is C26H19ClN4O4. The van der Waals surface area contributed by atoms with E-state index in [1.54, 1.807) is 48.3 Å². The lowest BCUT2D eigenvalue weighted by Crippen LogP contribution is -2.30. The van der Waals surface area contributed by atoms with Crippen molar-refractivity contribution in [3.05, 3.63) is 118 Å². The highest BCUT2D eigenvalue weighted by molar-refractivity contribution is 5.95. The number of nitrogens with zero attached hydrogens (tertiary/aromatic N) is 4. The molecule has 1 N–H and O–H groups in total. The van der Waals surface area contributed by atoms with Crippen LogP contribution in [0.25, 0.3) is 22.1 Å². The Balaban J connectivity index is 0.00000289. The first kappa shape index (κ1) is 23.7. The predicted molar refractivity (Wildman–Crippen MR) is 132 cm³/mol. The molecule has 174 valence electrons. The number of rotatable bonds is 5. The first-order valence-corrected chi connectivity index (χ1v) is 10.4. The fourth-order valence-corrected chi connectivity index (χ4v) is 4.16. The quantitative estimate of drug-likeness (QED) is 0.265. The zero-order valence-corrected chi connectivity index (χ0v) is 19.3. The molecule has 1 atom stereocenters. The van der Waals surface area contributed by atoms with Crippen molar-refractivity contribution in [3.8, 4) is 17.2 Å². The number of hydrogen-bond donors (Lipinski definition) is 1. The number of nitriles is 1. The van der Waals surface area contributed by atoms with E-state index in [0.717, 1.165) is 5.56 Å². The second-order valence-corrected chi connectivity index (χ2v) is 7.93. The number of non-ortho nitro benzene ring substituents is 1. The summed E-state index contributed by atoms with van der Waals surface area (Å²) in [5.41, 5.74) is 1.21. The minimum atomic E-state index is -1.76. The zero-order chi connectivity index (χ0) is 23.9. The molecule has 2 aromatic heterocycles. The van der Waals surface area contributed by atoms with Gasteiger partial charge in [-0.25, -0.2) is 4.98 Å². The van der Waals surface area contributed by atoms with Crippen molar-refractivity contribution < 1.29 is 14.4 Å². The fourth-order valence-electron chi connectivity index (χ4n) is 4.16. The summed E-state index contributed by atoms with van der Waals surface area (Å²) in [5, 5.41) is 33.4. The highest BCUT2D eigenvalue weighted by Gasteiger charge is 2.40. The molecular weight excluding hydrogens is 468 g/mol. The number of nitro benzene ring substituents is 1. The molecule has 35 heavy (non-hydrogen) atoms. The van der Waals surface area contributed by atoms with Gasteiger partial charge in [0, 0.05) is 30.1 Å². The van der Waals surface area contributed by atoms with Gasteiger partial charge >= 0.3 is 0 Å². The van der Waals surface area contributed by atoms with Crippen molar-refractivity contribution in [3.63, 3.8) is 0 Å². The van der Waals surface area contributed by atoms with E-state index in [0.29, 0.717) is 33.4 Å². The molecule has 0 aliphatic heterocycles. The molecule has 0 aliphatic rings. The molecule has 5 rings (SSSR count). The van der Waals surface area contributed by atoms with Gasteiger partial charge in [-0.2, -0.15) is 5.26 Å². The topological polar surface area (TPSA) is 118 Å². The number of aryl methyl sites for hydroxylation is 1. The van der Waals surface area contributed by atoms with Crippen LogP contribution in [0.15, 0.2) is 89.7 Å². The summed E-state index contributed by atoms with van der Waals surface area (Å²) in [6.07, 6.45) is 3.10. The van der Waals surface area contributed by atoms with Crippen molar-refractivity contribution >= 4 is 29.1 Å². The maximum atomic E-state index is 12.1. The lowest BCUT2D eigenvalue weighted by atomic mass is 9.87. The van der Waals surface area contributed by atoms with Crippen LogP contribution in [0.4, 0.5) is 5.69 Å². The van der Waals surface area contributed by atoms with Crippen LogP contribution in [0, 0.1) is 21.4 Å². The number of fused-ring (bicyclic) bond motifs is 1. The van der Waals surface area contributed by atoms with Gasteiger partial charge < -0.3 is 14.1 Å². The molecule has 0 fully saturated rings. The van der Waals surface area contributed by atoms with Gasteiger partial charge in [-0.3, -0.25) is 10.1 Å². The summed E-state index contributed by atoms with van der Waals surface area (Å²) in [6.45, 7) is 0. The van der Waals surface area contributed by atoms with E-state index < -0.39 is 10.5 Å². The number of aliphatic hydroxyl groups is 1. The maximum absolute atomic E-state index is 12.1. The minimum Gasteiger partial charge on any atom is -0.456 e. The number of aromatic nitrogens is 2. The van der Waals surface area contributed by atoms with E-state index in [1.807, 2.05) is 30.3 Å². The molecule has 5 aromatic rings. The van der Waals surface area contributed by atoms with Gasteiger partial charge in [0.25, 0.3) is 5.69 Å². The third-order valence-corrected chi connectivity index (χ3v) is 5.87. The molecule has 0 aliphatic carbocycles. The molecule has 0 saturated heterocycles. The van der Waals surface area contributed by atoms with Crippen LogP contribution in [-0.4, -0.2) is 19.6 Å². The highest BCUT2D eigenvalue weighted by Crippen LogP contribution is 2.42. The summed E-state index contributed by atoms with van der Waals surface area (Å²) < 4.78 is 7.94. The molecule has 0 radical (unpaired) electrons. The average Bonchev–Trinajstić information content (AvgIpc) is 3.50. The van der Waals surface area contributed by atoms with E-state index in [1.165, 1.54) is 18.3 Å². The SMILES string of the molecule is Cl.Cn1cncc1C(O)(c1ccc(C#N)cc1)c1cc2cc([N+](=O)[O-])cc(-c3ccccc3)c2o1. The molecule has 3 aromatic carbocycles. The Morgan fingerprint density at radius 3 is 2.43 bits per heavy atom. The third kappa shape index (κ3) is 3.93. The van der Waals surface area contributed by atoms with Crippen LogP contribution in [0.2, 0.25) is 0 Å². The van der Waals surface area contributed by atoms with Gasteiger partial charge in [0.2, 0.25) is 0 Å². The number of furan rings is 1. The van der Waals surface area contributed by atoms with E-state index in [-0.39, 0.29) is 23.9 Å². The Morgan fingerprint density at radius 2 is 1.83 bits per heavy atom. The second kappa shape index (κ2) is 9.06. The van der Waals surface area contributed by atoms with Crippen molar-refractivity contribution in [1.82, 2.24) is 9.55 Å². The van der Waals surface area contributed by atoms with Gasteiger partial charge in [0.05, 0.1) is 34.8 Å². The van der Waals surface area contributed by atoms with Crippen LogP contribution in [-0.2, 0) is 12.6 Å². The van der Waals surface area contributed by atoms with Gasteiger partial charge in [-0.1, -0.05) is 42.5 Å². The molecule has 2 heterocycles. The van der Waals surface area contributed by atoms with Crippen molar-refractivity contribution in [2.45, 2.75) is 5.60 Å². The summed E-state index contributed by atoms with van der Waals surface area (Å²) in [7, 11) is 1.75. The Morgan fingerprint density at radius 1 is 1.11 bits per heavy atom. The average molecular weight is 487 g/mol. The zero-order valence-electron chi connectivity index (χ0n) is 18.5. The van der Waals surface area contributed by atoms with Crippen molar-refractivity contribution in [1.29, 1.82) is 5.26 Å². The summed E-state index contributed by atoms with van der Waals surface area (Å²) >= 11 is 0. The molecule has 0 bridgehead atoms. The number of imidazole rings is 1. The van der Waals surface area contributed by atoms with Crippen LogP contribution < -0.4 is 0 Å². The highest BCUT2D eigenvalue weighted by atomic mass is 35.5. The molecule has 1 unspecified atom stereocenters. The fraction of sp³-hybridized carbons (Fsp3) is 0.0769. The standard InChI is InChI=1S/C26H18N4O4.ClH/c1-29-16-28-15-23(29)26(31,20-9-7-17(14-27)8-10-20)24-12-19-11-21(30(32)33)13-22(25(19)34-24)18-5-3-2-4-6-18;/h2-13,15-16,31H,1H3;1H. The van der Waals surface area contributed by atoms with Gasteiger partial charge in [0.1, 0.15) is 11.3 Å². The Hall–Kier alpha value is -4.45. The molecule has 0 amide bonds. The van der Waals surface area contributed by atoms with Crippen molar-refractivity contribution in [2.24, 2.45) is 7.05 Å². The van der Waals surface area contributed by atoms with Crippen LogP contribution in [0.1, 0.15) is 22.6 Å². The third-order valence-electron chi connectivity index (χ3n) is 5.87. The summed E-state index contributed by atoms with van der Waals surface area (Å²) in [5.74, 6) is 0.175. The number of hydrogen-bond acceptors (Lipinski definition) is 6. The lowest BCUT2D eigenvalue weighted by molar-refractivity contribution is -0.384. The number of benzene rings is 3. The summed E-state index contributed by atoms with van der Waals surface area (Å²) in [6, 6.07) is 22.3. The van der Waals surface area contributed by atoms with E-state index in [2.05, 4.69) is 11.1 Å². The Bertz CT molecular complexity index is 1570. The van der Waals surface area contributed by atoms with E-state index >= 15 is 0 Å². The minimum absolute atomic E-state index is 0. The molecule has 8 nitrogen and oxygen atoms in total. The van der Waals surface area contributed by atoms with Crippen LogP contribution >= 0.6 is 12.4 Å². The molecule has 0 saturated carbocycles. The van der Waals surface area contributed by atoms with Crippen molar-refractivity contribution in [2.75, 3.05) is 0 Å². The first-order chi connectivity index (χ1) is 16.4. The van der Waals surface area contributed by atoms with Gasteiger partial charge in [-0.15, -0.1) is 12.4 Å². The summed E-state index contributed by atoms with van der Waals surface area (Å²) in [4.78, 5) is 15.3. The normalized spacial score (nSPS) is 12.5. The smallest absolute Gasteiger partial charge is 0.270 e. The first-order valence-electron chi connectivity index (χ1n) is 10.4. The Kier molecular flexibility index (Phi) is 6.14. The van der Waals surface area contributed by atoms with Gasteiger partial charge in [-0.05, 0) is 29.3 Å². The number of halogens is 1. The van der Waals surface area contributed by atoms with E-state index in [9.17, 15) is 20.5 Å².